The van der Waals surface area contributed by atoms with Crippen LogP contribution in [0.4, 0.5) is 5.82 Å². The van der Waals surface area contributed by atoms with Crippen LogP contribution in [0.1, 0.15) is 18.4 Å². The summed E-state index contributed by atoms with van der Waals surface area (Å²) in [6.07, 6.45) is 10.9. The summed E-state index contributed by atoms with van der Waals surface area (Å²) in [6, 6.07) is 10.6. The van der Waals surface area contributed by atoms with E-state index in [2.05, 4.69) is 58.3 Å². The fourth-order valence-corrected chi connectivity index (χ4v) is 3.73. The van der Waals surface area contributed by atoms with Crippen LogP contribution in [0, 0.1) is 0 Å². The Balaban J connectivity index is 1.65. The summed E-state index contributed by atoms with van der Waals surface area (Å²) in [4.78, 5) is 26.0. The SMILES string of the molecule is C=C/C=C(\S)C(=O)N(c1cnccn1)C1CCN(CCc2ccccc2)CC1. The first kappa shape index (κ1) is 20.3. The summed E-state index contributed by atoms with van der Waals surface area (Å²) < 4.78 is 0. The van der Waals surface area contributed by atoms with E-state index in [1.54, 1.807) is 35.6 Å². The molecule has 1 aromatic carbocycles. The van der Waals surface area contributed by atoms with Gasteiger partial charge in [-0.15, -0.1) is 12.6 Å². The largest absolute Gasteiger partial charge is 0.303 e. The molecule has 1 aliphatic heterocycles. The first-order chi connectivity index (χ1) is 13.7. The van der Waals surface area contributed by atoms with Crippen LogP contribution < -0.4 is 4.90 Å². The van der Waals surface area contributed by atoms with E-state index >= 15 is 0 Å². The van der Waals surface area contributed by atoms with Gasteiger partial charge >= 0.3 is 0 Å². The summed E-state index contributed by atoms with van der Waals surface area (Å²) >= 11 is 4.35. The number of anilines is 1. The van der Waals surface area contributed by atoms with Gasteiger partial charge in [0.2, 0.25) is 0 Å². The van der Waals surface area contributed by atoms with Crippen molar-refractivity contribution >= 4 is 24.4 Å². The van der Waals surface area contributed by atoms with Crippen LogP contribution >= 0.6 is 12.6 Å². The molecule has 0 spiro atoms. The molecular weight excluding hydrogens is 368 g/mol. The molecule has 6 heteroatoms. The van der Waals surface area contributed by atoms with E-state index < -0.39 is 0 Å². The van der Waals surface area contributed by atoms with Gasteiger partial charge in [-0.1, -0.05) is 43.0 Å². The molecule has 1 aromatic heterocycles. The van der Waals surface area contributed by atoms with Crippen LogP contribution in [-0.2, 0) is 11.2 Å². The highest BCUT2D eigenvalue weighted by atomic mass is 32.1. The number of piperidine rings is 1. The van der Waals surface area contributed by atoms with E-state index in [0.717, 1.165) is 38.9 Å². The van der Waals surface area contributed by atoms with Gasteiger partial charge in [0.15, 0.2) is 5.82 Å². The van der Waals surface area contributed by atoms with Crippen molar-refractivity contribution in [1.82, 2.24) is 14.9 Å². The lowest BCUT2D eigenvalue weighted by Gasteiger charge is -2.38. The quantitative estimate of drug-likeness (QED) is 0.444. The van der Waals surface area contributed by atoms with Gasteiger partial charge in [-0.3, -0.25) is 14.7 Å². The summed E-state index contributed by atoms with van der Waals surface area (Å²) in [5, 5.41) is 0. The van der Waals surface area contributed by atoms with E-state index in [0.29, 0.717) is 10.7 Å². The minimum Gasteiger partial charge on any atom is -0.303 e. The number of carbonyl (C=O) groups excluding carboxylic acids is 1. The molecule has 1 saturated heterocycles. The molecule has 0 N–H and O–H groups in total. The summed E-state index contributed by atoms with van der Waals surface area (Å²) in [7, 11) is 0. The zero-order chi connectivity index (χ0) is 19.8. The minimum atomic E-state index is -0.161. The second-order valence-corrected chi connectivity index (χ2v) is 7.32. The van der Waals surface area contributed by atoms with Crippen LogP contribution in [0.3, 0.4) is 0 Å². The molecule has 0 atom stereocenters. The number of carbonyl (C=O) groups is 1. The van der Waals surface area contributed by atoms with E-state index in [9.17, 15) is 4.79 Å². The molecule has 146 valence electrons. The summed E-state index contributed by atoms with van der Waals surface area (Å²) in [5.41, 5.74) is 1.36. The highest BCUT2D eigenvalue weighted by Gasteiger charge is 2.30. The molecule has 3 rings (SSSR count). The normalized spacial score (nSPS) is 16.0. The number of hydrogen-bond acceptors (Lipinski definition) is 5. The van der Waals surface area contributed by atoms with Crippen LogP contribution in [0.15, 0.2) is 72.6 Å². The third-order valence-electron chi connectivity index (χ3n) is 4.99. The highest BCUT2D eigenvalue weighted by Crippen LogP contribution is 2.24. The smallest absolute Gasteiger partial charge is 0.265 e. The third kappa shape index (κ3) is 5.30. The number of allylic oxidation sites excluding steroid dienone is 2. The Hall–Kier alpha value is -2.44. The van der Waals surface area contributed by atoms with Crippen LogP contribution in [0.25, 0.3) is 0 Å². The Labute approximate surface area is 172 Å². The molecule has 0 aliphatic carbocycles. The lowest BCUT2D eigenvalue weighted by Crippen LogP contribution is -2.48. The maximum atomic E-state index is 13.0. The monoisotopic (exact) mass is 394 g/mol. The van der Waals surface area contributed by atoms with Gasteiger partial charge in [0.05, 0.1) is 11.1 Å². The van der Waals surface area contributed by atoms with E-state index in [4.69, 9.17) is 0 Å². The Kier molecular flexibility index (Phi) is 7.39. The van der Waals surface area contributed by atoms with Crippen LogP contribution in [-0.4, -0.2) is 46.5 Å². The van der Waals surface area contributed by atoms with E-state index in [1.807, 2.05) is 6.07 Å². The van der Waals surface area contributed by atoms with Crippen molar-refractivity contribution in [1.29, 1.82) is 0 Å². The fraction of sp³-hybridized carbons (Fsp3) is 0.318. The third-order valence-corrected chi connectivity index (χ3v) is 5.33. The average Bonchev–Trinajstić information content (AvgIpc) is 2.75. The highest BCUT2D eigenvalue weighted by molar-refractivity contribution is 7.85. The Morgan fingerprint density at radius 2 is 2.00 bits per heavy atom. The van der Waals surface area contributed by atoms with Crippen molar-refractivity contribution in [2.75, 3.05) is 24.5 Å². The zero-order valence-corrected chi connectivity index (χ0v) is 16.8. The molecule has 5 nitrogen and oxygen atoms in total. The van der Waals surface area contributed by atoms with Crippen LogP contribution in [0.5, 0.6) is 0 Å². The van der Waals surface area contributed by atoms with Crippen molar-refractivity contribution in [3.63, 3.8) is 0 Å². The van der Waals surface area contributed by atoms with E-state index in [-0.39, 0.29) is 11.9 Å². The predicted octanol–water partition coefficient (Wildman–Crippen LogP) is 3.52. The average molecular weight is 395 g/mol. The summed E-state index contributed by atoms with van der Waals surface area (Å²) in [5.74, 6) is 0.408. The maximum absolute atomic E-state index is 13.0. The number of nitrogens with zero attached hydrogens (tertiary/aromatic N) is 4. The molecule has 0 bridgehead atoms. The number of hydrogen-bond donors (Lipinski definition) is 1. The second-order valence-electron chi connectivity index (χ2n) is 6.83. The first-order valence-corrected chi connectivity index (χ1v) is 10.0. The standard InChI is InChI=1S/C22H26N4OS/c1-2-6-20(28)22(27)26(21-17-23-12-13-24-21)19-10-15-25(16-11-19)14-9-18-7-4-3-5-8-18/h2-8,12-13,17,19,28H,1,9-11,14-16H2/b20-6-. The first-order valence-electron chi connectivity index (χ1n) is 9.56. The molecule has 1 amide bonds. The molecule has 0 unspecified atom stereocenters. The van der Waals surface area contributed by atoms with Crippen molar-refractivity contribution in [2.45, 2.75) is 25.3 Å². The Morgan fingerprint density at radius 1 is 1.25 bits per heavy atom. The number of likely N-dealkylation sites (tertiary alicyclic amines) is 1. The van der Waals surface area contributed by atoms with Gasteiger partial charge in [-0.25, -0.2) is 4.98 Å². The van der Waals surface area contributed by atoms with Gasteiger partial charge in [0.1, 0.15) is 0 Å². The molecule has 0 radical (unpaired) electrons. The molecule has 2 aromatic rings. The number of benzene rings is 1. The fourth-order valence-electron chi connectivity index (χ4n) is 3.51. The molecule has 1 fully saturated rings. The molecular formula is C22H26N4OS. The van der Waals surface area contributed by atoms with Gasteiger partial charge in [-0.05, 0) is 30.9 Å². The van der Waals surface area contributed by atoms with Gasteiger partial charge < -0.3 is 4.90 Å². The molecule has 2 heterocycles. The number of amides is 1. The van der Waals surface area contributed by atoms with Crippen molar-refractivity contribution in [3.05, 3.63) is 78.1 Å². The zero-order valence-electron chi connectivity index (χ0n) is 15.9. The number of aromatic nitrogens is 2. The summed E-state index contributed by atoms with van der Waals surface area (Å²) in [6.45, 7) is 6.59. The van der Waals surface area contributed by atoms with Gasteiger partial charge in [-0.2, -0.15) is 0 Å². The lowest BCUT2D eigenvalue weighted by atomic mass is 10.0. The van der Waals surface area contributed by atoms with Crippen molar-refractivity contribution in [3.8, 4) is 0 Å². The van der Waals surface area contributed by atoms with Gasteiger partial charge in [0, 0.05) is 38.1 Å². The second kappa shape index (κ2) is 10.2. The molecule has 28 heavy (non-hydrogen) atoms. The topological polar surface area (TPSA) is 49.3 Å². The van der Waals surface area contributed by atoms with E-state index in [1.165, 1.54) is 5.56 Å². The number of rotatable bonds is 7. The maximum Gasteiger partial charge on any atom is 0.265 e. The molecule has 1 aliphatic rings. The predicted molar refractivity (Wildman–Crippen MR) is 116 cm³/mol. The number of thiol groups is 1. The van der Waals surface area contributed by atoms with Crippen molar-refractivity contribution < 1.29 is 4.79 Å². The lowest BCUT2D eigenvalue weighted by molar-refractivity contribution is -0.115. The Bertz CT molecular complexity index is 802. The van der Waals surface area contributed by atoms with Crippen LogP contribution in [0.2, 0.25) is 0 Å². The minimum absolute atomic E-state index is 0.0811. The van der Waals surface area contributed by atoms with Crippen molar-refractivity contribution in [2.24, 2.45) is 0 Å². The van der Waals surface area contributed by atoms with Gasteiger partial charge in [0.25, 0.3) is 5.91 Å². The molecule has 0 saturated carbocycles. The Morgan fingerprint density at radius 3 is 2.64 bits per heavy atom.